The summed E-state index contributed by atoms with van der Waals surface area (Å²) in [6.07, 6.45) is -0.430. The van der Waals surface area contributed by atoms with Crippen LogP contribution in [0.5, 0.6) is 0 Å². The Hall–Kier alpha value is -1.92. The van der Waals surface area contributed by atoms with Crippen LogP contribution in [0.2, 0.25) is 0 Å². The first-order valence-corrected chi connectivity index (χ1v) is 10.1. The zero-order chi connectivity index (χ0) is 19.4. The molecule has 0 spiro atoms. The highest BCUT2D eigenvalue weighted by Crippen LogP contribution is 2.33. The van der Waals surface area contributed by atoms with Gasteiger partial charge in [0.05, 0.1) is 30.4 Å². The van der Waals surface area contributed by atoms with Crippen LogP contribution in [0.15, 0.2) is 47.4 Å². The van der Waals surface area contributed by atoms with Gasteiger partial charge in [-0.05, 0) is 47.6 Å². The number of benzene rings is 2. The third-order valence-electron chi connectivity index (χ3n) is 4.92. The minimum absolute atomic E-state index is 0. The first-order chi connectivity index (χ1) is 13.0. The second-order valence-corrected chi connectivity index (χ2v) is 7.57. The molecule has 0 aromatic heterocycles. The summed E-state index contributed by atoms with van der Waals surface area (Å²) in [7, 11) is 0. The third kappa shape index (κ3) is 4.92. The van der Waals surface area contributed by atoms with Crippen molar-refractivity contribution in [2.24, 2.45) is 0 Å². The summed E-state index contributed by atoms with van der Waals surface area (Å²) in [5, 5.41) is 38.8. The molecule has 1 aliphatic heterocycles. The summed E-state index contributed by atoms with van der Waals surface area (Å²) in [5.41, 5.74) is 3.42. The molecule has 0 saturated carbocycles. The Kier molecular flexibility index (Phi) is 8.01. The van der Waals surface area contributed by atoms with Crippen molar-refractivity contribution in [2.45, 2.75) is 42.2 Å². The second kappa shape index (κ2) is 10.0. The number of ether oxygens (including phenoxy) is 1. The highest BCUT2D eigenvalue weighted by Gasteiger charge is 2.37. The Bertz CT molecular complexity index is 821. The first-order valence-electron chi connectivity index (χ1n) is 8.84. The smallest absolute Gasteiger partial charge is 0.110 e. The average Bonchev–Trinajstić information content (AvgIpc) is 2.70. The molecule has 1 fully saturated rings. The van der Waals surface area contributed by atoms with Crippen LogP contribution in [-0.4, -0.2) is 52.0 Å². The average molecular weight is 404 g/mol. The van der Waals surface area contributed by atoms with Crippen LogP contribution in [0.4, 0.5) is 0 Å². The highest BCUT2D eigenvalue weighted by atomic mass is 32.2. The Labute approximate surface area is 168 Å². The molecule has 4 atom stereocenters. The van der Waals surface area contributed by atoms with Crippen LogP contribution < -0.4 is 0 Å². The molecule has 150 valence electrons. The van der Waals surface area contributed by atoms with Crippen molar-refractivity contribution in [1.82, 2.24) is 0 Å². The van der Waals surface area contributed by atoms with E-state index in [0.717, 1.165) is 16.7 Å². The van der Waals surface area contributed by atoms with Crippen molar-refractivity contribution >= 4 is 11.8 Å². The van der Waals surface area contributed by atoms with Crippen molar-refractivity contribution in [3.63, 3.8) is 0 Å². The molecule has 1 heterocycles. The predicted octanol–water partition coefficient (Wildman–Crippen LogP) is 1.59. The molecule has 28 heavy (non-hydrogen) atoms. The maximum absolute atomic E-state index is 10.1. The highest BCUT2D eigenvalue weighted by molar-refractivity contribution is 7.98. The molecular formula is C21H25NO5S. The Balaban J connectivity index is 0.00000280. The van der Waals surface area contributed by atoms with Gasteiger partial charge in [-0.15, -0.1) is 11.8 Å². The quantitative estimate of drug-likeness (QED) is 0.651. The van der Waals surface area contributed by atoms with E-state index >= 15 is 0 Å². The number of aliphatic hydroxyl groups excluding tert-OH is 3. The van der Waals surface area contributed by atoms with Crippen molar-refractivity contribution in [3.05, 3.63) is 64.7 Å². The van der Waals surface area contributed by atoms with E-state index in [0.29, 0.717) is 12.0 Å². The van der Waals surface area contributed by atoms with Gasteiger partial charge >= 0.3 is 0 Å². The van der Waals surface area contributed by atoms with E-state index in [-0.39, 0.29) is 18.5 Å². The van der Waals surface area contributed by atoms with Gasteiger partial charge in [0.1, 0.15) is 12.2 Å². The molecule has 5 N–H and O–H groups in total. The van der Waals surface area contributed by atoms with E-state index in [1.807, 2.05) is 18.4 Å². The summed E-state index contributed by atoms with van der Waals surface area (Å²) in [5.74, 6) is 0. The van der Waals surface area contributed by atoms with Gasteiger partial charge in [-0.3, -0.25) is 0 Å². The van der Waals surface area contributed by atoms with Gasteiger partial charge in [0, 0.05) is 11.3 Å². The fourth-order valence-corrected chi connectivity index (χ4v) is 3.76. The fourth-order valence-electron chi connectivity index (χ4n) is 3.35. The summed E-state index contributed by atoms with van der Waals surface area (Å²) in [6, 6.07) is 15.9. The molecule has 0 bridgehead atoms. The topological polar surface area (TPSA) is 125 Å². The molecule has 1 aliphatic rings. The largest absolute Gasteiger partial charge is 0.412 e. The van der Waals surface area contributed by atoms with E-state index in [1.165, 1.54) is 4.90 Å². The lowest BCUT2D eigenvalue weighted by molar-refractivity contribution is -0.181. The zero-order valence-electron chi connectivity index (χ0n) is 15.6. The van der Waals surface area contributed by atoms with Crippen molar-refractivity contribution in [3.8, 4) is 6.07 Å². The van der Waals surface area contributed by atoms with Gasteiger partial charge in [-0.2, -0.15) is 5.26 Å². The van der Waals surface area contributed by atoms with Crippen molar-refractivity contribution < 1.29 is 25.5 Å². The molecular weight excluding hydrogens is 378 g/mol. The fraction of sp³-hybridized carbons (Fsp3) is 0.381. The summed E-state index contributed by atoms with van der Waals surface area (Å²) < 4.78 is 5.77. The number of hydrogen-bond donors (Lipinski definition) is 3. The standard InChI is InChI=1S/C21H23NO4S.H2O/c1-27-17-6-2-13(3-7-17)8-16-9-14(4-5-15(16)11-22)19-10-18(24)21(25)20(12-23)26-19;/h2-7,9,18-21,23-25H,8,10,12H2,1H3;1H2/t18-,19-,20-,21?;/m1./s1. The van der Waals surface area contributed by atoms with E-state index in [4.69, 9.17) is 4.74 Å². The van der Waals surface area contributed by atoms with Gasteiger partial charge < -0.3 is 25.5 Å². The molecule has 3 rings (SSSR count). The van der Waals surface area contributed by atoms with E-state index in [2.05, 4.69) is 30.3 Å². The Morgan fingerprint density at radius 1 is 1.18 bits per heavy atom. The maximum atomic E-state index is 10.1. The van der Waals surface area contributed by atoms with E-state index in [9.17, 15) is 20.6 Å². The lowest BCUT2D eigenvalue weighted by Crippen LogP contribution is -2.47. The second-order valence-electron chi connectivity index (χ2n) is 6.69. The predicted molar refractivity (Wildman–Crippen MR) is 107 cm³/mol. The summed E-state index contributed by atoms with van der Waals surface area (Å²) in [4.78, 5) is 1.19. The SMILES string of the molecule is CSc1ccc(Cc2cc([C@H]3C[C@@H](O)C(O)[C@@H](CO)O3)ccc2C#N)cc1.O. The Morgan fingerprint density at radius 3 is 2.50 bits per heavy atom. The van der Waals surface area contributed by atoms with Crippen LogP contribution in [0.25, 0.3) is 0 Å². The lowest BCUT2D eigenvalue weighted by atomic mass is 9.91. The monoisotopic (exact) mass is 403 g/mol. The molecule has 0 aliphatic carbocycles. The molecule has 6 nitrogen and oxygen atoms in total. The molecule has 1 saturated heterocycles. The van der Waals surface area contributed by atoms with Gasteiger partial charge in [0.15, 0.2) is 0 Å². The molecule has 1 unspecified atom stereocenters. The molecule has 0 radical (unpaired) electrons. The molecule has 2 aromatic carbocycles. The number of nitriles is 1. The van der Waals surface area contributed by atoms with Gasteiger partial charge in [-0.25, -0.2) is 0 Å². The number of nitrogens with zero attached hydrogens (tertiary/aromatic N) is 1. The number of thioether (sulfide) groups is 1. The van der Waals surface area contributed by atoms with E-state index in [1.54, 1.807) is 17.8 Å². The van der Waals surface area contributed by atoms with Gasteiger partial charge in [0.25, 0.3) is 0 Å². The van der Waals surface area contributed by atoms with E-state index < -0.39 is 24.4 Å². The van der Waals surface area contributed by atoms with Gasteiger partial charge in [-0.1, -0.05) is 24.3 Å². The molecule has 7 heteroatoms. The minimum atomic E-state index is -1.10. The number of hydrogen-bond acceptors (Lipinski definition) is 6. The van der Waals surface area contributed by atoms with Crippen molar-refractivity contribution in [1.29, 1.82) is 5.26 Å². The van der Waals surface area contributed by atoms with Crippen LogP contribution in [0.3, 0.4) is 0 Å². The lowest BCUT2D eigenvalue weighted by Gasteiger charge is -2.36. The van der Waals surface area contributed by atoms with Crippen LogP contribution in [0, 0.1) is 11.3 Å². The maximum Gasteiger partial charge on any atom is 0.110 e. The molecule has 2 aromatic rings. The van der Waals surface area contributed by atoms with Crippen LogP contribution >= 0.6 is 11.8 Å². The van der Waals surface area contributed by atoms with Crippen molar-refractivity contribution in [2.75, 3.05) is 12.9 Å². The van der Waals surface area contributed by atoms with Gasteiger partial charge in [0.2, 0.25) is 0 Å². The van der Waals surface area contributed by atoms with Crippen LogP contribution in [-0.2, 0) is 11.2 Å². The zero-order valence-corrected chi connectivity index (χ0v) is 16.4. The number of rotatable bonds is 5. The third-order valence-corrected chi connectivity index (χ3v) is 5.67. The minimum Gasteiger partial charge on any atom is -0.412 e. The number of aliphatic hydroxyl groups is 3. The van der Waals surface area contributed by atoms with Crippen LogP contribution in [0.1, 0.15) is 34.8 Å². The first kappa shape index (κ1) is 22.4. The molecule has 0 amide bonds. The summed E-state index contributed by atoms with van der Waals surface area (Å²) in [6.45, 7) is -0.361. The normalized spacial score (nSPS) is 24.2. The Morgan fingerprint density at radius 2 is 1.89 bits per heavy atom. The summed E-state index contributed by atoms with van der Waals surface area (Å²) >= 11 is 1.68.